The maximum absolute atomic E-state index is 3.98. The van der Waals surface area contributed by atoms with Gasteiger partial charge in [0.2, 0.25) is 0 Å². The van der Waals surface area contributed by atoms with Gasteiger partial charge >= 0.3 is 0 Å². The van der Waals surface area contributed by atoms with Crippen LogP contribution in [0.4, 0.5) is 0 Å². The first kappa shape index (κ1) is 6.74. The predicted octanol–water partition coefficient (Wildman–Crippen LogP) is -0.0801. The molecule has 1 aromatic rings. The van der Waals surface area contributed by atoms with E-state index >= 15 is 0 Å². The van der Waals surface area contributed by atoms with Gasteiger partial charge in [-0.25, -0.2) is 0 Å². The molecule has 48 valence electrons. The van der Waals surface area contributed by atoms with Gasteiger partial charge in [-0.05, 0) is 0 Å². The highest BCUT2D eigenvalue weighted by Crippen LogP contribution is 2.12. The van der Waals surface area contributed by atoms with Gasteiger partial charge in [-0.1, -0.05) is 13.8 Å². The molecule has 0 bridgehead atoms. The monoisotopic (exact) mass is 140 g/mol. The van der Waals surface area contributed by atoms with E-state index in [9.17, 15) is 0 Å². The third-order valence-corrected chi connectivity index (χ3v) is 2.17. The fraction of sp³-hybridized carbons (Fsp3) is 0.600. The molecule has 4 heteroatoms. The summed E-state index contributed by atoms with van der Waals surface area (Å²) in [6, 6.07) is 0. The molecular weight excluding hydrogens is 131 g/mol. The normalized spacial score (nSPS) is 10.6. The Morgan fingerprint density at radius 2 is 2.11 bits per heavy atom. The Morgan fingerprint density at radius 3 is 2.33 bits per heavy atom. The molecule has 0 aliphatic carbocycles. The number of aromatic nitrogens is 2. The van der Waals surface area contributed by atoms with Crippen LogP contribution in [0.3, 0.4) is 0 Å². The molecule has 1 rings (SSSR count). The Morgan fingerprint density at radius 1 is 1.44 bits per heavy atom. The molecule has 0 aromatic carbocycles. The van der Waals surface area contributed by atoms with Gasteiger partial charge in [0.15, 0.2) is 7.85 Å². The van der Waals surface area contributed by atoms with E-state index in [0.717, 1.165) is 9.91 Å². The van der Waals surface area contributed by atoms with E-state index in [4.69, 9.17) is 0 Å². The van der Waals surface area contributed by atoms with Crippen molar-refractivity contribution < 1.29 is 0 Å². The average molecular weight is 140 g/mol. The first-order valence-corrected chi connectivity index (χ1v) is 3.82. The van der Waals surface area contributed by atoms with Crippen LogP contribution in [0.5, 0.6) is 0 Å². The van der Waals surface area contributed by atoms with Crippen LogP contribution < -0.4 is 4.91 Å². The first-order chi connectivity index (χ1) is 4.20. The molecule has 2 nitrogen and oxygen atoms in total. The maximum atomic E-state index is 3.98. The van der Waals surface area contributed by atoms with E-state index in [1.165, 1.54) is 0 Å². The molecule has 0 saturated carbocycles. The summed E-state index contributed by atoms with van der Waals surface area (Å²) in [7, 11) is 1.98. The summed E-state index contributed by atoms with van der Waals surface area (Å²) in [5.41, 5.74) is 0. The van der Waals surface area contributed by atoms with Crippen LogP contribution in [0.1, 0.15) is 24.8 Å². The fourth-order valence-corrected chi connectivity index (χ4v) is 1.25. The van der Waals surface area contributed by atoms with Crippen molar-refractivity contribution in [1.82, 2.24) is 10.2 Å². The summed E-state index contributed by atoms with van der Waals surface area (Å²) < 4.78 is 0. The molecular formula is C5H9BN2S. The standard InChI is InChI=1S/C5H9BN2S/c1-3(2)4-7-8-5(6)9-4/h3H,6H2,1-2H3. The summed E-state index contributed by atoms with van der Waals surface area (Å²) >= 11 is 1.67. The third-order valence-electron chi connectivity index (χ3n) is 1.04. The Labute approximate surface area is 59.7 Å². The van der Waals surface area contributed by atoms with Gasteiger partial charge in [0.1, 0.15) is 5.01 Å². The number of hydrogen-bond acceptors (Lipinski definition) is 3. The zero-order valence-corrected chi connectivity index (χ0v) is 6.70. The number of nitrogens with zero attached hydrogens (tertiary/aromatic N) is 2. The molecule has 0 aliphatic heterocycles. The second-order valence-electron chi connectivity index (χ2n) is 2.31. The summed E-state index contributed by atoms with van der Waals surface area (Å²) in [4.78, 5) is 1.05. The first-order valence-electron chi connectivity index (χ1n) is 3.00. The van der Waals surface area contributed by atoms with Gasteiger partial charge in [-0.15, -0.1) is 16.4 Å². The van der Waals surface area contributed by atoms with Gasteiger partial charge in [0.05, 0.1) is 4.91 Å². The lowest BCUT2D eigenvalue weighted by atomic mass is 10.2. The van der Waals surface area contributed by atoms with Crippen molar-refractivity contribution in [3.8, 4) is 0 Å². The van der Waals surface area contributed by atoms with Crippen molar-refractivity contribution in [3.05, 3.63) is 5.01 Å². The highest BCUT2D eigenvalue weighted by molar-refractivity contribution is 7.19. The zero-order chi connectivity index (χ0) is 6.85. The molecule has 0 radical (unpaired) electrons. The molecule has 0 atom stereocenters. The Kier molecular flexibility index (Phi) is 1.85. The molecule has 0 fully saturated rings. The van der Waals surface area contributed by atoms with E-state index in [-0.39, 0.29) is 0 Å². The third kappa shape index (κ3) is 1.51. The average Bonchev–Trinajstić information content (AvgIpc) is 2.14. The van der Waals surface area contributed by atoms with Crippen molar-refractivity contribution in [2.24, 2.45) is 0 Å². The van der Waals surface area contributed by atoms with E-state index < -0.39 is 0 Å². The summed E-state index contributed by atoms with van der Waals surface area (Å²) in [6.45, 7) is 4.25. The quantitative estimate of drug-likeness (QED) is 0.510. The van der Waals surface area contributed by atoms with Gasteiger partial charge < -0.3 is 0 Å². The van der Waals surface area contributed by atoms with Crippen molar-refractivity contribution in [2.75, 3.05) is 0 Å². The molecule has 1 aromatic heterocycles. The van der Waals surface area contributed by atoms with E-state index in [1.807, 2.05) is 7.85 Å². The molecule has 1 heterocycles. The maximum Gasteiger partial charge on any atom is 0.180 e. The minimum atomic E-state index is 0.524. The predicted molar refractivity (Wildman–Crippen MR) is 42.2 cm³/mol. The van der Waals surface area contributed by atoms with E-state index in [1.54, 1.807) is 11.3 Å². The smallest absolute Gasteiger partial charge is 0.155 e. The number of hydrogen-bond donors (Lipinski definition) is 0. The largest absolute Gasteiger partial charge is 0.180 e. The van der Waals surface area contributed by atoms with Crippen LogP contribution in [-0.4, -0.2) is 18.0 Å². The van der Waals surface area contributed by atoms with Crippen molar-refractivity contribution >= 4 is 24.1 Å². The summed E-state index contributed by atoms with van der Waals surface area (Å²) in [5, 5.41) is 9.02. The topological polar surface area (TPSA) is 25.8 Å². The lowest BCUT2D eigenvalue weighted by Gasteiger charge is -1.92. The zero-order valence-electron chi connectivity index (χ0n) is 5.88. The Bertz CT molecular complexity index is 197. The van der Waals surface area contributed by atoms with Crippen LogP contribution >= 0.6 is 11.3 Å². The minimum Gasteiger partial charge on any atom is -0.155 e. The lowest BCUT2D eigenvalue weighted by Crippen LogP contribution is -1.97. The second kappa shape index (κ2) is 2.48. The van der Waals surface area contributed by atoms with Crippen molar-refractivity contribution in [3.63, 3.8) is 0 Å². The van der Waals surface area contributed by atoms with Crippen molar-refractivity contribution in [2.45, 2.75) is 19.8 Å². The highest BCUT2D eigenvalue weighted by atomic mass is 32.1. The SMILES string of the molecule is Bc1nnc(C(C)C)s1. The van der Waals surface area contributed by atoms with E-state index in [2.05, 4.69) is 24.0 Å². The molecule has 0 N–H and O–H groups in total. The van der Waals surface area contributed by atoms with Crippen LogP contribution in [0.25, 0.3) is 0 Å². The summed E-state index contributed by atoms with van der Waals surface area (Å²) in [5.74, 6) is 0.524. The summed E-state index contributed by atoms with van der Waals surface area (Å²) in [6.07, 6.45) is 0. The van der Waals surface area contributed by atoms with Crippen LogP contribution in [0.2, 0.25) is 0 Å². The molecule has 0 aliphatic rings. The van der Waals surface area contributed by atoms with Crippen LogP contribution in [-0.2, 0) is 0 Å². The molecule has 0 amide bonds. The van der Waals surface area contributed by atoms with Crippen molar-refractivity contribution in [1.29, 1.82) is 0 Å². The van der Waals surface area contributed by atoms with Gasteiger partial charge in [-0.3, -0.25) is 0 Å². The van der Waals surface area contributed by atoms with Crippen LogP contribution in [0, 0.1) is 0 Å². The van der Waals surface area contributed by atoms with Gasteiger partial charge in [-0.2, -0.15) is 5.10 Å². The van der Waals surface area contributed by atoms with Gasteiger partial charge in [0.25, 0.3) is 0 Å². The van der Waals surface area contributed by atoms with Crippen LogP contribution in [0.15, 0.2) is 0 Å². The lowest BCUT2D eigenvalue weighted by molar-refractivity contribution is 0.826. The highest BCUT2D eigenvalue weighted by Gasteiger charge is 2.02. The van der Waals surface area contributed by atoms with Gasteiger partial charge in [0, 0.05) is 5.92 Å². The molecule has 0 saturated heterocycles. The Hall–Kier alpha value is -0.375. The minimum absolute atomic E-state index is 0.524. The fourth-order valence-electron chi connectivity index (χ4n) is 0.545. The second-order valence-corrected chi connectivity index (χ2v) is 3.53. The Balaban J connectivity index is 2.85. The van der Waals surface area contributed by atoms with E-state index in [0.29, 0.717) is 5.92 Å². The molecule has 0 unspecified atom stereocenters. The number of rotatable bonds is 1. The molecule has 9 heavy (non-hydrogen) atoms. The molecule has 0 spiro atoms.